The quantitative estimate of drug-likeness (QED) is 0.920. The van der Waals surface area contributed by atoms with Crippen LogP contribution in [0.1, 0.15) is 36.0 Å². The van der Waals surface area contributed by atoms with E-state index in [1.165, 1.54) is 0 Å². The van der Waals surface area contributed by atoms with Crippen LogP contribution in [0.15, 0.2) is 24.3 Å². The summed E-state index contributed by atoms with van der Waals surface area (Å²) in [6, 6.07) is 8.58. The van der Waals surface area contributed by atoms with Gasteiger partial charge >= 0.3 is 0 Å². The van der Waals surface area contributed by atoms with Crippen molar-refractivity contribution in [1.82, 2.24) is 4.90 Å². The van der Waals surface area contributed by atoms with Gasteiger partial charge in [-0.05, 0) is 43.7 Å². The maximum Gasteiger partial charge on any atom is 0.256 e. The van der Waals surface area contributed by atoms with Gasteiger partial charge in [-0.3, -0.25) is 4.79 Å². The maximum absolute atomic E-state index is 13.3. The SMILES string of the molecule is O=C(c1ccccc1N1CCOCC1)N1[C@@H]2CC[C@H]1CC(CO)C2. The Kier molecular flexibility index (Phi) is 4.46. The molecule has 130 valence electrons. The molecule has 1 N–H and O–H groups in total. The van der Waals surface area contributed by atoms with Gasteiger partial charge in [0, 0.05) is 37.5 Å². The molecule has 24 heavy (non-hydrogen) atoms. The molecule has 1 amide bonds. The number of hydrogen-bond donors (Lipinski definition) is 1. The van der Waals surface area contributed by atoms with E-state index in [9.17, 15) is 9.90 Å². The number of benzene rings is 1. The van der Waals surface area contributed by atoms with Crippen LogP contribution in [0.25, 0.3) is 0 Å². The van der Waals surface area contributed by atoms with Crippen molar-refractivity contribution < 1.29 is 14.6 Å². The lowest BCUT2D eigenvalue weighted by Gasteiger charge is -2.39. The highest BCUT2D eigenvalue weighted by Crippen LogP contribution is 2.40. The Labute approximate surface area is 143 Å². The van der Waals surface area contributed by atoms with Crippen molar-refractivity contribution in [3.8, 4) is 0 Å². The maximum atomic E-state index is 13.3. The van der Waals surface area contributed by atoms with Gasteiger partial charge in [-0.15, -0.1) is 0 Å². The topological polar surface area (TPSA) is 53.0 Å². The number of anilines is 1. The summed E-state index contributed by atoms with van der Waals surface area (Å²) in [5.41, 5.74) is 1.85. The molecule has 0 radical (unpaired) electrons. The number of rotatable bonds is 3. The molecular formula is C19H26N2O3. The highest BCUT2D eigenvalue weighted by molar-refractivity contribution is 6.00. The molecule has 3 aliphatic heterocycles. The highest BCUT2D eigenvalue weighted by atomic mass is 16.5. The Balaban J connectivity index is 1.59. The van der Waals surface area contributed by atoms with Gasteiger partial charge in [0.05, 0.1) is 18.8 Å². The summed E-state index contributed by atoms with van der Waals surface area (Å²) in [6.07, 6.45) is 4.04. The molecule has 0 aliphatic carbocycles. The summed E-state index contributed by atoms with van der Waals surface area (Å²) in [6.45, 7) is 3.36. The minimum atomic E-state index is 0.168. The zero-order chi connectivity index (χ0) is 16.5. The van der Waals surface area contributed by atoms with Crippen LogP contribution < -0.4 is 4.90 Å². The van der Waals surface area contributed by atoms with Crippen LogP contribution in [0, 0.1) is 5.92 Å². The predicted octanol–water partition coefficient (Wildman–Crippen LogP) is 1.90. The zero-order valence-corrected chi connectivity index (χ0v) is 14.1. The van der Waals surface area contributed by atoms with Crippen molar-refractivity contribution in [2.24, 2.45) is 5.92 Å². The van der Waals surface area contributed by atoms with E-state index in [1.54, 1.807) is 0 Å². The van der Waals surface area contributed by atoms with E-state index in [0.717, 1.165) is 63.2 Å². The molecule has 3 fully saturated rings. The Morgan fingerprint density at radius 3 is 2.46 bits per heavy atom. The molecular weight excluding hydrogens is 304 g/mol. The number of piperidine rings is 1. The first-order valence-corrected chi connectivity index (χ1v) is 9.13. The largest absolute Gasteiger partial charge is 0.396 e. The van der Waals surface area contributed by atoms with Crippen molar-refractivity contribution in [2.45, 2.75) is 37.8 Å². The number of aliphatic hydroxyl groups is 1. The number of morpholine rings is 1. The molecule has 2 bridgehead atoms. The lowest BCUT2D eigenvalue weighted by atomic mass is 9.90. The van der Waals surface area contributed by atoms with Crippen LogP contribution >= 0.6 is 0 Å². The number of carbonyl (C=O) groups is 1. The molecule has 5 heteroatoms. The summed E-state index contributed by atoms with van der Waals surface area (Å²) in [5, 5.41) is 9.49. The monoisotopic (exact) mass is 330 g/mol. The van der Waals surface area contributed by atoms with E-state index < -0.39 is 0 Å². The predicted molar refractivity (Wildman–Crippen MR) is 92.3 cm³/mol. The van der Waals surface area contributed by atoms with Gasteiger partial charge in [0.15, 0.2) is 0 Å². The standard InChI is InChI=1S/C19H26N2O3/c22-13-14-11-15-5-6-16(12-14)21(15)19(23)17-3-1-2-4-18(17)20-7-9-24-10-8-20/h1-4,14-16,22H,5-13H2/t14?,15-,16+. The van der Waals surface area contributed by atoms with Crippen LogP contribution in [-0.2, 0) is 4.74 Å². The molecule has 3 saturated heterocycles. The van der Waals surface area contributed by atoms with E-state index in [-0.39, 0.29) is 12.5 Å². The van der Waals surface area contributed by atoms with Crippen LogP contribution in [0.4, 0.5) is 5.69 Å². The molecule has 5 nitrogen and oxygen atoms in total. The minimum absolute atomic E-state index is 0.168. The molecule has 3 heterocycles. The van der Waals surface area contributed by atoms with Gasteiger partial charge in [-0.1, -0.05) is 12.1 Å². The molecule has 1 aromatic carbocycles. The van der Waals surface area contributed by atoms with Gasteiger partial charge < -0.3 is 19.6 Å². The Morgan fingerprint density at radius 1 is 1.12 bits per heavy atom. The molecule has 4 rings (SSSR count). The summed E-state index contributed by atoms with van der Waals surface area (Å²) >= 11 is 0. The number of carbonyl (C=O) groups excluding carboxylic acids is 1. The first kappa shape index (κ1) is 15.9. The van der Waals surface area contributed by atoms with Gasteiger partial charge in [-0.2, -0.15) is 0 Å². The van der Waals surface area contributed by atoms with Crippen LogP contribution in [0.5, 0.6) is 0 Å². The van der Waals surface area contributed by atoms with Crippen LogP contribution in [0.3, 0.4) is 0 Å². The van der Waals surface area contributed by atoms with Gasteiger partial charge in [-0.25, -0.2) is 0 Å². The normalized spacial score (nSPS) is 29.8. The molecule has 0 aromatic heterocycles. The molecule has 3 atom stereocenters. The zero-order valence-electron chi connectivity index (χ0n) is 14.1. The number of aliphatic hydroxyl groups excluding tert-OH is 1. The molecule has 1 aromatic rings. The summed E-state index contributed by atoms with van der Waals surface area (Å²) < 4.78 is 5.45. The summed E-state index contributed by atoms with van der Waals surface area (Å²) in [4.78, 5) is 17.7. The first-order valence-electron chi connectivity index (χ1n) is 9.13. The molecule has 0 spiro atoms. The highest BCUT2D eigenvalue weighted by Gasteiger charge is 2.43. The number of ether oxygens (including phenoxy) is 1. The van der Waals surface area contributed by atoms with Crippen molar-refractivity contribution in [1.29, 1.82) is 0 Å². The fourth-order valence-electron chi connectivity index (χ4n) is 4.64. The van der Waals surface area contributed by atoms with Crippen molar-refractivity contribution >= 4 is 11.6 Å². The van der Waals surface area contributed by atoms with Gasteiger partial charge in [0.2, 0.25) is 0 Å². The van der Waals surface area contributed by atoms with Crippen LogP contribution in [0.2, 0.25) is 0 Å². The van der Waals surface area contributed by atoms with E-state index in [0.29, 0.717) is 18.0 Å². The molecule has 3 aliphatic rings. The van der Waals surface area contributed by atoms with Crippen molar-refractivity contribution in [3.63, 3.8) is 0 Å². The number of fused-ring (bicyclic) bond motifs is 2. The Bertz CT molecular complexity index is 586. The van der Waals surface area contributed by atoms with E-state index in [4.69, 9.17) is 4.74 Å². The summed E-state index contributed by atoms with van der Waals surface area (Å²) in [7, 11) is 0. The summed E-state index contributed by atoms with van der Waals surface area (Å²) in [5.74, 6) is 0.530. The number of nitrogens with zero attached hydrogens (tertiary/aromatic N) is 2. The number of para-hydroxylation sites is 1. The van der Waals surface area contributed by atoms with Gasteiger partial charge in [0.1, 0.15) is 0 Å². The second-order valence-electron chi connectivity index (χ2n) is 7.23. The third kappa shape index (κ3) is 2.80. The fraction of sp³-hybridized carbons (Fsp3) is 0.632. The third-order valence-corrected chi connectivity index (χ3v) is 5.81. The first-order chi connectivity index (χ1) is 11.8. The van der Waals surface area contributed by atoms with Crippen LogP contribution in [-0.4, -0.2) is 60.9 Å². The van der Waals surface area contributed by atoms with Crippen molar-refractivity contribution in [3.05, 3.63) is 29.8 Å². The van der Waals surface area contributed by atoms with Gasteiger partial charge in [0.25, 0.3) is 5.91 Å². The lowest BCUT2D eigenvalue weighted by Crippen LogP contribution is -2.47. The van der Waals surface area contributed by atoms with E-state index >= 15 is 0 Å². The average molecular weight is 330 g/mol. The van der Waals surface area contributed by atoms with E-state index in [2.05, 4.69) is 15.9 Å². The minimum Gasteiger partial charge on any atom is -0.396 e. The van der Waals surface area contributed by atoms with Crippen molar-refractivity contribution in [2.75, 3.05) is 37.8 Å². The average Bonchev–Trinajstić information content (AvgIpc) is 2.91. The molecule has 0 saturated carbocycles. The second-order valence-corrected chi connectivity index (χ2v) is 7.23. The lowest BCUT2D eigenvalue weighted by molar-refractivity contribution is 0.0453. The Morgan fingerprint density at radius 2 is 1.79 bits per heavy atom. The molecule has 1 unspecified atom stereocenters. The number of hydrogen-bond acceptors (Lipinski definition) is 4. The number of amides is 1. The smallest absolute Gasteiger partial charge is 0.256 e. The fourth-order valence-corrected chi connectivity index (χ4v) is 4.64. The van der Waals surface area contributed by atoms with E-state index in [1.807, 2.05) is 18.2 Å². The third-order valence-electron chi connectivity index (χ3n) is 5.81. The Hall–Kier alpha value is -1.59. The second kappa shape index (κ2) is 6.73.